The smallest absolute Gasteiger partial charge is 0.0793 e. The Bertz CT molecular complexity index is 389. The lowest BCUT2D eigenvalue weighted by atomic mass is 9.91. The van der Waals surface area contributed by atoms with E-state index in [1.165, 1.54) is 5.56 Å². The van der Waals surface area contributed by atoms with Crippen LogP contribution in [0.2, 0.25) is 5.02 Å². The van der Waals surface area contributed by atoms with Crippen LogP contribution in [0.25, 0.3) is 0 Å². The lowest BCUT2D eigenvalue weighted by Crippen LogP contribution is -2.49. The van der Waals surface area contributed by atoms with E-state index < -0.39 is 5.60 Å². The standard InChI is InChI=1S/C14H21ClN2O/c15-13-3-1-2-12(10-13)4-7-17-8-5-14(18,11-16)6-9-17/h1-3,10,18H,4-9,11,16H2. The molecule has 1 aromatic rings. The average molecular weight is 269 g/mol. The second-order valence-corrected chi connectivity index (χ2v) is 5.59. The number of benzene rings is 1. The van der Waals surface area contributed by atoms with E-state index in [1.54, 1.807) is 0 Å². The lowest BCUT2D eigenvalue weighted by molar-refractivity contribution is -0.0130. The molecule has 0 unspecified atom stereocenters. The maximum atomic E-state index is 10.1. The predicted octanol–water partition coefficient (Wildman–Crippen LogP) is 1.67. The van der Waals surface area contributed by atoms with Crippen LogP contribution in [0.5, 0.6) is 0 Å². The Kier molecular flexibility index (Phi) is 4.62. The lowest BCUT2D eigenvalue weighted by Gasteiger charge is -2.37. The molecule has 3 N–H and O–H groups in total. The first-order valence-electron chi connectivity index (χ1n) is 6.51. The van der Waals surface area contributed by atoms with E-state index in [4.69, 9.17) is 17.3 Å². The van der Waals surface area contributed by atoms with Crippen molar-refractivity contribution >= 4 is 11.6 Å². The molecule has 4 heteroatoms. The van der Waals surface area contributed by atoms with Gasteiger partial charge in [-0.1, -0.05) is 23.7 Å². The van der Waals surface area contributed by atoms with Crippen molar-refractivity contribution in [3.8, 4) is 0 Å². The molecule has 18 heavy (non-hydrogen) atoms. The Morgan fingerprint density at radius 1 is 1.33 bits per heavy atom. The summed E-state index contributed by atoms with van der Waals surface area (Å²) in [4.78, 5) is 2.38. The van der Waals surface area contributed by atoms with Crippen molar-refractivity contribution in [3.05, 3.63) is 34.9 Å². The highest BCUT2D eigenvalue weighted by atomic mass is 35.5. The Morgan fingerprint density at radius 3 is 2.67 bits per heavy atom. The molecule has 0 amide bonds. The van der Waals surface area contributed by atoms with Gasteiger partial charge in [0.2, 0.25) is 0 Å². The Hall–Kier alpha value is -0.610. The molecular formula is C14H21ClN2O. The fourth-order valence-corrected chi connectivity index (χ4v) is 2.59. The highest BCUT2D eigenvalue weighted by Crippen LogP contribution is 2.21. The van der Waals surface area contributed by atoms with Crippen LogP contribution in [0.4, 0.5) is 0 Å². The van der Waals surface area contributed by atoms with Crippen LogP contribution in [0.15, 0.2) is 24.3 Å². The first kappa shape index (κ1) is 13.8. The van der Waals surface area contributed by atoms with Crippen LogP contribution < -0.4 is 5.73 Å². The third-order valence-electron chi connectivity index (χ3n) is 3.77. The van der Waals surface area contributed by atoms with Crippen LogP contribution >= 0.6 is 11.6 Å². The number of likely N-dealkylation sites (tertiary alicyclic amines) is 1. The number of hydrogen-bond acceptors (Lipinski definition) is 3. The molecular weight excluding hydrogens is 248 g/mol. The van der Waals surface area contributed by atoms with Crippen molar-refractivity contribution in [1.82, 2.24) is 4.90 Å². The van der Waals surface area contributed by atoms with E-state index in [1.807, 2.05) is 18.2 Å². The summed E-state index contributed by atoms with van der Waals surface area (Å²) in [7, 11) is 0. The van der Waals surface area contributed by atoms with Crippen LogP contribution in [0.3, 0.4) is 0 Å². The summed E-state index contributed by atoms with van der Waals surface area (Å²) >= 11 is 5.96. The zero-order chi connectivity index (χ0) is 13.0. The van der Waals surface area contributed by atoms with Gasteiger partial charge in [-0.05, 0) is 37.0 Å². The number of nitrogens with two attached hydrogens (primary N) is 1. The first-order chi connectivity index (χ1) is 8.61. The third-order valence-corrected chi connectivity index (χ3v) is 4.01. The van der Waals surface area contributed by atoms with Gasteiger partial charge in [0, 0.05) is 31.2 Å². The molecule has 1 fully saturated rings. The number of piperidine rings is 1. The molecule has 0 aliphatic carbocycles. The highest BCUT2D eigenvalue weighted by molar-refractivity contribution is 6.30. The molecule has 0 radical (unpaired) electrons. The average Bonchev–Trinajstić information content (AvgIpc) is 2.38. The van der Waals surface area contributed by atoms with Gasteiger partial charge >= 0.3 is 0 Å². The van der Waals surface area contributed by atoms with Crippen molar-refractivity contribution in [3.63, 3.8) is 0 Å². The zero-order valence-electron chi connectivity index (χ0n) is 10.6. The predicted molar refractivity (Wildman–Crippen MR) is 74.8 cm³/mol. The van der Waals surface area contributed by atoms with Crippen molar-refractivity contribution in [2.75, 3.05) is 26.2 Å². The molecule has 0 spiro atoms. The van der Waals surface area contributed by atoms with Crippen molar-refractivity contribution in [1.29, 1.82) is 0 Å². The quantitative estimate of drug-likeness (QED) is 0.873. The fraction of sp³-hybridized carbons (Fsp3) is 0.571. The fourth-order valence-electron chi connectivity index (χ4n) is 2.38. The normalized spacial score (nSPS) is 19.9. The molecule has 1 aliphatic rings. The third kappa shape index (κ3) is 3.69. The molecule has 1 aromatic carbocycles. The summed E-state index contributed by atoms with van der Waals surface area (Å²) in [5, 5.41) is 10.8. The summed E-state index contributed by atoms with van der Waals surface area (Å²) in [5.74, 6) is 0. The topological polar surface area (TPSA) is 49.5 Å². The van der Waals surface area contributed by atoms with Crippen molar-refractivity contribution < 1.29 is 5.11 Å². The largest absolute Gasteiger partial charge is 0.388 e. The van der Waals surface area contributed by atoms with E-state index in [2.05, 4.69) is 11.0 Å². The van der Waals surface area contributed by atoms with Gasteiger partial charge in [-0.15, -0.1) is 0 Å². The number of rotatable bonds is 4. The Morgan fingerprint density at radius 2 is 2.06 bits per heavy atom. The van der Waals surface area contributed by atoms with Crippen molar-refractivity contribution in [2.45, 2.75) is 24.9 Å². The molecule has 1 saturated heterocycles. The van der Waals surface area contributed by atoms with Gasteiger partial charge in [0.05, 0.1) is 5.60 Å². The second-order valence-electron chi connectivity index (χ2n) is 5.15. The Balaban J connectivity index is 1.79. The molecule has 0 atom stereocenters. The minimum absolute atomic E-state index is 0.370. The molecule has 0 bridgehead atoms. The summed E-state index contributed by atoms with van der Waals surface area (Å²) in [5.41, 5.74) is 6.21. The van der Waals surface area contributed by atoms with Gasteiger partial charge < -0.3 is 15.7 Å². The summed E-state index contributed by atoms with van der Waals surface area (Å²) in [6.07, 6.45) is 2.56. The molecule has 0 saturated carbocycles. The zero-order valence-corrected chi connectivity index (χ0v) is 11.4. The number of nitrogens with zero attached hydrogens (tertiary/aromatic N) is 1. The van der Waals surface area contributed by atoms with Crippen LogP contribution in [0, 0.1) is 0 Å². The molecule has 100 valence electrons. The van der Waals surface area contributed by atoms with Gasteiger partial charge in [0.1, 0.15) is 0 Å². The molecule has 1 aliphatic heterocycles. The van der Waals surface area contributed by atoms with E-state index in [-0.39, 0.29) is 0 Å². The molecule has 0 aromatic heterocycles. The minimum Gasteiger partial charge on any atom is -0.388 e. The SMILES string of the molecule is NCC1(O)CCN(CCc2cccc(Cl)c2)CC1. The summed E-state index contributed by atoms with van der Waals surface area (Å²) < 4.78 is 0. The molecule has 1 heterocycles. The monoisotopic (exact) mass is 268 g/mol. The minimum atomic E-state index is -0.632. The van der Waals surface area contributed by atoms with Gasteiger partial charge in [-0.3, -0.25) is 0 Å². The molecule has 3 nitrogen and oxygen atoms in total. The maximum absolute atomic E-state index is 10.1. The van der Waals surface area contributed by atoms with Gasteiger partial charge in [-0.25, -0.2) is 0 Å². The van der Waals surface area contributed by atoms with Crippen LogP contribution in [0.1, 0.15) is 18.4 Å². The van der Waals surface area contributed by atoms with E-state index in [0.717, 1.165) is 43.9 Å². The van der Waals surface area contributed by atoms with Gasteiger partial charge in [0.15, 0.2) is 0 Å². The van der Waals surface area contributed by atoms with Gasteiger partial charge in [0.25, 0.3) is 0 Å². The number of halogens is 1. The maximum Gasteiger partial charge on any atom is 0.0793 e. The van der Waals surface area contributed by atoms with Gasteiger partial charge in [-0.2, -0.15) is 0 Å². The van der Waals surface area contributed by atoms with Crippen molar-refractivity contribution in [2.24, 2.45) is 5.73 Å². The van der Waals surface area contributed by atoms with Crippen LogP contribution in [-0.2, 0) is 6.42 Å². The first-order valence-corrected chi connectivity index (χ1v) is 6.88. The number of hydrogen-bond donors (Lipinski definition) is 2. The summed E-state index contributed by atoms with van der Waals surface area (Å²) in [6, 6.07) is 8.00. The van der Waals surface area contributed by atoms with Crippen LogP contribution in [-0.4, -0.2) is 41.8 Å². The van der Waals surface area contributed by atoms with E-state index in [9.17, 15) is 5.11 Å². The molecule has 2 rings (SSSR count). The number of aliphatic hydroxyl groups is 1. The highest BCUT2D eigenvalue weighted by Gasteiger charge is 2.30. The summed E-state index contributed by atoms with van der Waals surface area (Å²) in [6.45, 7) is 3.23. The van der Waals surface area contributed by atoms with E-state index >= 15 is 0 Å². The van der Waals surface area contributed by atoms with E-state index in [0.29, 0.717) is 6.54 Å². The Labute approximate surface area is 114 Å². The second kappa shape index (κ2) is 6.02.